The maximum atomic E-state index is 11.8. The summed E-state index contributed by atoms with van der Waals surface area (Å²) in [5, 5.41) is 11.6. The topological polar surface area (TPSA) is 92.4 Å². The molecule has 0 radical (unpaired) electrons. The van der Waals surface area contributed by atoms with Crippen molar-refractivity contribution < 1.29 is 14.7 Å². The number of aliphatic carboxylic acids is 1. The summed E-state index contributed by atoms with van der Waals surface area (Å²) in [6.45, 7) is 3.87. The van der Waals surface area contributed by atoms with Gasteiger partial charge >= 0.3 is 5.97 Å². The second-order valence-corrected chi connectivity index (χ2v) is 4.70. The Morgan fingerprint density at radius 2 is 1.84 bits per heavy atom. The van der Waals surface area contributed by atoms with Gasteiger partial charge in [-0.2, -0.15) is 0 Å². The zero-order chi connectivity index (χ0) is 14.4. The average Bonchev–Trinajstić information content (AvgIpc) is 2.35. The lowest BCUT2D eigenvalue weighted by Gasteiger charge is -2.16. The van der Waals surface area contributed by atoms with Crippen molar-refractivity contribution in [2.24, 2.45) is 11.7 Å². The van der Waals surface area contributed by atoms with Gasteiger partial charge in [0, 0.05) is 18.5 Å². The van der Waals surface area contributed by atoms with E-state index in [-0.39, 0.29) is 24.3 Å². The van der Waals surface area contributed by atoms with Gasteiger partial charge in [0.05, 0.1) is 6.42 Å². The summed E-state index contributed by atoms with van der Waals surface area (Å²) < 4.78 is 0. The summed E-state index contributed by atoms with van der Waals surface area (Å²) in [6, 6.07) is 6.96. The molecule has 0 aliphatic carbocycles. The minimum Gasteiger partial charge on any atom is -0.481 e. The first-order chi connectivity index (χ1) is 8.91. The fourth-order valence-electron chi connectivity index (χ4n) is 1.65. The molecule has 5 heteroatoms. The van der Waals surface area contributed by atoms with E-state index in [4.69, 9.17) is 10.8 Å². The van der Waals surface area contributed by atoms with Gasteiger partial charge in [0.25, 0.3) is 0 Å². The SMILES string of the molecule is CC(N)C(C)C(=O)NCc1ccccc1CC(=O)O. The van der Waals surface area contributed by atoms with Crippen LogP contribution in [0.1, 0.15) is 25.0 Å². The van der Waals surface area contributed by atoms with Crippen LogP contribution in [0.3, 0.4) is 0 Å². The van der Waals surface area contributed by atoms with Gasteiger partial charge < -0.3 is 16.2 Å². The van der Waals surface area contributed by atoms with Gasteiger partial charge in [-0.1, -0.05) is 31.2 Å². The third-order valence-electron chi connectivity index (χ3n) is 3.12. The molecule has 0 aliphatic rings. The molecule has 1 aromatic rings. The van der Waals surface area contributed by atoms with Gasteiger partial charge in [-0.3, -0.25) is 9.59 Å². The lowest BCUT2D eigenvalue weighted by Crippen LogP contribution is -2.38. The van der Waals surface area contributed by atoms with Crippen LogP contribution in [0.15, 0.2) is 24.3 Å². The molecule has 4 N–H and O–H groups in total. The second kappa shape index (κ2) is 6.89. The van der Waals surface area contributed by atoms with E-state index >= 15 is 0 Å². The summed E-state index contributed by atoms with van der Waals surface area (Å²) in [6.07, 6.45) is -0.0467. The van der Waals surface area contributed by atoms with Crippen molar-refractivity contribution in [2.45, 2.75) is 32.9 Å². The largest absolute Gasteiger partial charge is 0.481 e. The van der Waals surface area contributed by atoms with Crippen molar-refractivity contribution in [3.63, 3.8) is 0 Å². The number of hydrogen-bond donors (Lipinski definition) is 3. The molecule has 2 unspecified atom stereocenters. The van der Waals surface area contributed by atoms with E-state index in [9.17, 15) is 9.59 Å². The lowest BCUT2D eigenvalue weighted by atomic mass is 10.0. The molecule has 1 rings (SSSR count). The summed E-state index contributed by atoms with van der Waals surface area (Å²) in [7, 11) is 0. The highest BCUT2D eigenvalue weighted by Gasteiger charge is 2.17. The van der Waals surface area contributed by atoms with Gasteiger partial charge in [0.2, 0.25) is 5.91 Å². The van der Waals surface area contributed by atoms with Crippen molar-refractivity contribution in [3.8, 4) is 0 Å². The van der Waals surface area contributed by atoms with E-state index in [2.05, 4.69) is 5.32 Å². The molecule has 104 valence electrons. The third-order valence-corrected chi connectivity index (χ3v) is 3.12. The van der Waals surface area contributed by atoms with Crippen LogP contribution in [0.4, 0.5) is 0 Å². The van der Waals surface area contributed by atoms with Crippen molar-refractivity contribution in [3.05, 3.63) is 35.4 Å². The number of amides is 1. The van der Waals surface area contributed by atoms with E-state index < -0.39 is 5.97 Å². The Kier molecular flexibility index (Phi) is 5.51. The van der Waals surface area contributed by atoms with Crippen molar-refractivity contribution in [1.29, 1.82) is 0 Å². The Balaban J connectivity index is 2.67. The molecule has 0 aliphatic heterocycles. The first-order valence-electron chi connectivity index (χ1n) is 6.23. The second-order valence-electron chi connectivity index (χ2n) is 4.70. The fraction of sp³-hybridized carbons (Fsp3) is 0.429. The normalized spacial score (nSPS) is 13.6. The van der Waals surface area contributed by atoms with Crippen LogP contribution < -0.4 is 11.1 Å². The predicted octanol–water partition coefficient (Wildman–Crippen LogP) is 0.913. The molecule has 1 amide bonds. The monoisotopic (exact) mass is 264 g/mol. The highest BCUT2D eigenvalue weighted by molar-refractivity contribution is 5.79. The first kappa shape index (κ1) is 15.2. The van der Waals surface area contributed by atoms with E-state index in [0.29, 0.717) is 12.1 Å². The molecule has 1 aromatic carbocycles. The first-order valence-corrected chi connectivity index (χ1v) is 6.23. The van der Waals surface area contributed by atoms with Gasteiger partial charge in [0.15, 0.2) is 0 Å². The minimum atomic E-state index is -0.886. The Bertz CT molecular complexity index is 458. The van der Waals surface area contributed by atoms with Crippen LogP contribution in [-0.4, -0.2) is 23.0 Å². The van der Waals surface area contributed by atoms with Crippen molar-refractivity contribution in [2.75, 3.05) is 0 Å². The molecule has 2 atom stereocenters. The Labute approximate surface area is 112 Å². The van der Waals surface area contributed by atoms with Crippen molar-refractivity contribution in [1.82, 2.24) is 5.32 Å². The van der Waals surface area contributed by atoms with Gasteiger partial charge in [-0.05, 0) is 18.1 Å². The molecule has 0 heterocycles. The summed E-state index contributed by atoms with van der Waals surface area (Å²) in [5.41, 5.74) is 7.19. The van der Waals surface area contributed by atoms with Gasteiger partial charge in [-0.25, -0.2) is 0 Å². The smallest absolute Gasteiger partial charge is 0.307 e. The summed E-state index contributed by atoms with van der Waals surface area (Å²) in [5.74, 6) is -1.28. The number of carbonyl (C=O) groups excluding carboxylic acids is 1. The van der Waals surface area contributed by atoms with Gasteiger partial charge in [0.1, 0.15) is 0 Å². The molecular weight excluding hydrogens is 244 g/mol. The summed E-state index contributed by atoms with van der Waals surface area (Å²) in [4.78, 5) is 22.5. The zero-order valence-corrected chi connectivity index (χ0v) is 11.2. The highest BCUT2D eigenvalue weighted by Crippen LogP contribution is 2.10. The Hall–Kier alpha value is -1.88. The molecule has 5 nitrogen and oxygen atoms in total. The zero-order valence-electron chi connectivity index (χ0n) is 11.2. The van der Waals surface area contributed by atoms with Crippen LogP contribution in [0.2, 0.25) is 0 Å². The quantitative estimate of drug-likeness (QED) is 0.712. The average molecular weight is 264 g/mol. The molecule has 0 saturated carbocycles. The summed E-state index contributed by atoms with van der Waals surface area (Å²) >= 11 is 0. The fourth-order valence-corrected chi connectivity index (χ4v) is 1.65. The highest BCUT2D eigenvalue weighted by atomic mass is 16.4. The Morgan fingerprint density at radius 3 is 2.37 bits per heavy atom. The molecule has 0 aromatic heterocycles. The van der Waals surface area contributed by atoms with Crippen LogP contribution in [0.25, 0.3) is 0 Å². The molecule has 0 saturated heterocycles. The van der Waals surface area contributed by atoms with Crippen LogP contribution in [0, 0.1) is 5.92 Å². The van der Waals surface area contributed by atoms with E-state index in [0.717, 1.165) is 5.56 Å². The number of carbonyl (C=O) groups is 2. The van der Waals surface area contributed by atoms with E-state index in [1.54, 1.807) is 26.0 Å². The van der Waals surface area contributed by atoms with Gasteiger partial charge in [-0.15, -0.1) is 0 Å². The maximum absolute atomic E-state index is 11.8. The predicted molar refractivity (Wildman–Crippen MR) is 72.4 cm³/mol. The van der Waals surface area contributed by atoms with Crippen LogP contribution >= 0.6 is 0 Å². The van der Waals surface area contributed by atoms with Crippen molar-refractivity contribution >= 4 is 11.9 Å². The number of nitrogens with two attached hydrogens (primary N) is 1. The molecule has 0 spiro atoms. The molecular formula is C14H20N2O3. The number of benzene rings is 1. The van der Waals surface area contributed by atoms with Crippen LogP contribution in [-0.2, 0) is 22.6 Å². The Morgan fingerprint density at radius 1 is 1.26 bits per heavy atom. The molecule has 19 heavy (non-hydrogen) atoms. The van der Waals surface area contributed by atoms with E-state index in [1.807, 2.05) is 12.1 Å². The minimum absolute atomic E-state index is 0.0467. The third kappa shape index (κ3) is 4.71. The maximum Gasteiger partial charge on any atom is 0.307 e. The molecule has 0 bridgehead atoms. The van der Waals surface area contributed by atoms with E-state index in [1.165, 1.54) is 0 Å². The van der Waals surface area contributed by atoms with Crippen LogP contribution in [0.5, 0.6) is 0 Å². The number of rotatable bonds is 6. The lowest BCUT2D eigenvalue weighted by molar-refractivity contribution is -0.136. The number of hydrogen-bond acceptors (Lipinski definition) is 3. The number of carboxylic acid groups (broad SMARTS) is 1. The number of nitrogens with one attached hydrogen (secondary N) is 1. The number of carboxylic acids is 1. The molecule has 0 fully saturated rings. The standard InChI is InChI=1S/C14H20N2O3/c1-9(10(2)15)14(19)16-8-12-6-4-3-5-11(12)7-13(17)18/h3-6,9-10H,7-8,15H2,1-2H3,(H,16,19)(H,17,18).